The monoisotopic (exact) mass is 358 g/mol. The number of carbonyl (C=O) groups excluding carboxylic acids is 2. The molecule has 27 heavy (non-hydrogen) atoms. The van der Waals surface area contributed by atoms with Crippen LogP contribution in [0.5, 0.6) is 0 Å². The fourth-order valence-corrected chi connectivity index (χ4v) is 2.85. The van der Waals surface area contributed by atoms with Gasteiger partial charge in [-0.25, -0.2) is 0 Å². The zero-order chi connectivity index (χ0) is 19.2. The van der Waals surface area contributed by atoms with E-state index in [0.29, 0.717) is 17.7 Å². The number of nitrogens with one attached hydrogen (secondary N) is 1. The van der Waals surface area contributed by atoms with Crippen molar-refractivity contribution in [2.45, 2.75) is 13.5 Å². The highest BCUT2D eigenvalue weighted by molar-refractivity contribution is 6.06. The molecule has 3 aromatic carbocycles. The first kappa shape index (κ1) is 18.4. The summed E-state index contributed by atoms with van der Waals surface area (Å²) in [6.45, 7) is 2.45. The van der Waals surface area contributed by atoms with Crippen molar-refractivity contribution in [3.8, 4) is 0 Å². The topological polar surface area (TPSA) is 49.4 Å². The first-order chi connectivity index (χ1) is 13.0. The Morgan fingerprint density at radius 3 is 2.26 bits per heavy atom. The van der Waals surface area contributed by atoms with E-state index < -0.39 is 0 Å². The van der Waals surface area contributed by atoms with Gasteiger partial charge in [0.2, 0.25) is 0 Å². The van der Waals surface area contributed by atoms with Crippen LogP contribution in [0.25, 0.3) is 0 Å². The van der Waals surface area contributed by atoms with Gasteiger partial charge in [0.25, 0.3) is 11.8 Å². The van der Waals surface area contributed by atoms with E-state index in [1.54, 1.807) is 36.2 Å². The van der Waals surface area contributed by atoms with E-state index in [2.05, 4.69) is 5.32 Å². The molecule has 0 aliphatic rings. The van der Waals surface area contributed by atoms with Crippen molar-refractivity contribution in [2.75, 3.05) is 12.4 Å². The molecule has 4 heteroatoms. The Morgan fingerprint density at radius 1 is 0.852 bits per heavy atom. The number of carbonyl (C=O) groups is 2. The number of hydrogen-bond donors (Lipinski definition) is 1. The molecule has 1 N–H and O–H groups in total. The summed E-state index contributed by atoms with van der Waals surface area (Å²) in [5, 5.41) is 2.90. The number of amides is 2. The highest BCUT2D eigenvalue weighted by atomic mass is 16.2. The molecule has 136 valence electrons. The van der Waals surface area contributed by atoms with Crippen LogP contribution in [0.1, 0.15) is 31.8 Å². The zero-order valence-electron chi connectivity index (χ0n) is 15.5. The average molecular weight is 358 g/mol. The number of hydrogen-bond acceptors (Lipinski definition) is 2. The Labute approximate surface area is 159 Å². The predicted molar refractivity (Wildman–Crippen MR) is 108 cm³/mol. The average Bonchev–Trinajstić information content (AvgIpc) is 2.70. The minimum absolute atomic E-state index is 0.121. The van der Waals surface area contributed by atoms with Crippen LogP contribution in [0.4, 0.5) is 5.69 Å². The van der Waals surface area contributed by atoms with Gasteiger partial charge in [-0.15, -0.1) is 0 Å². The van der Waals surface area contributed by atoms with Gasteiger partial charge in [0, 0.05) is 30.4 Å². The van der Waals surface area contributed by atoms with Gasteiger partial charge in [-0.2, -0.15) is 0 Å². The molecular weight excluding hydrogens is 336 g/mol. The standard InChI is InChI=1S/C23H22N2O2/c1-17-9-6-7-14-21(17)24-22(26)19-12-8-13-20(15-19)23(27)25(2)16-18-10-4-3-5-11-18/h3-15H,16H2,1-2H3,(H,24,26). The Hall–Kier alpha value is -3.40. The number of aryl methyl sites for hydroxylation is 1. The summed E-state index contributed by atoms with van der Waals surface area (Å²) >= 11 is 0. The summed E-state index contributed by atoms with van der Waals surface area (Å²) in [6.07, 6.45) is 0. The van der Waals surface area contributed by atoms with Crippen LogP contribution in [0.2, 0.25) is 0 Å². The summed E-state index contributed by atoms with van der Waals surface area (Å²) in [6, 6.07) is 24.2. The van der Waals surface area contributed by atoms with Gasteiger partial charge >= 0.3 is 0 Å². The molecule has 0 spiro atoms. The van der Waals surface area contributed by atoms with E-state index in [4.69, 9.17) is 0 Å². The highest BCUT2D eigenvalue weighted by Gasteiger charge is 2.15. The molecular formula is C23H22N2O2. The van der Waals surface area contributed by atoms with Crippen LogP contribution in [-0.2, 0) is 6.54 Å². The Kier molecular flexibility index (Phi) is 5.67. The van der Waals surface area contributed by atoms with E-state index in [0.717, 1.165) is 16.8 Å². The maximum absolute atomic E-state index is 12.7. The van der Waals surface area contributed by atoms with E-state index >= 15 is 0 Å². The molecule has 0 saturated heterocycles. The lowest BCUT2D eigenvalue weighted by molar-refractivity contribution is 0.0785. The normalized spacial score (nSPS) is 10.3. The third-order valence-electron chi connectivity index (χ3n) is 4.37. The van der Waals surface area contributed by atoms with Gasteiger partial charge in [0.1, 0.15) is 0 Å². The minimum atomic E-state index is -0.232. The number of anilines is 1. The molecule has 3 aromatic rings. The lowest BCUT2D eigenvalue weighted by Crippen LogP contribution is -2.26. The third kappa shape index (κ3) is 4.61. The van der Waals surface area contributed by atoms with Crippen molar-refractivity contribution < 1.29 is 9.59 Å². The molecule has 0 aliphatic carbocycles. The molecule has 0 radical (unpaired) electrons. The molecule has 0 bridgehead atoms. The molecule has 0 saturated carbocycles. The van der Waals surface area contributed by atoms with Crippen molar-refractivity contribution in [1.29, 1.82) is 0 Å². The maximum atomic E-state index is 12.7. The van der Waals surface area contributed by atoms with Gasteiger partial charge in [0.05, 0.1) is 0 Å². The summed E-state index contributed by atoms with van der Waals surface area (Å²) in [5.74, 6) is -0.353. The Balaban J connectivity index is 1.73. The van der Waals surface area contributed by atoms with Crippen LogP contribution in [-0.4, -0.2) is 23.8 Å². The number of benzene rings is 3. The molecule has 4 nitrogen and oxygen atoms in total. The first-order valence-electron chi connectivity index (χ1n) is 8.81. The quantitative estimate of drug-likeness (QED) is 0.729. The summed E-state index contributed by atoms with van der Waals surface area (Å²) in [4.78, 5) is 26.9. The van der Waals surface area contributed by atoms with Crippen molar-refractivity contribution in [2.24, 2.45) is 0 Å². The first-order valence-corrected chi connectivity index (χ1v) is 8.81. The smallest absolute Gasteiger partial charge is 0.255 e. The third-order valence-corrected chi connectivity index (χ3v) is 4.37. The predicted octanol–water partition coefficient (Wildman–Crippen LogP) is 4.52. The van der Waals surface area contributed by atoms with Crippen LogP contribution >= 0.6 is 0 Å². The fraction of sp³-hybridized carbons (Fsp3) is 0.130. The molecule has 0 aliphatic heterocycles. The van der Waals surface area contributed by atoms with E-state index in [1.807, 2.05) is 61.5 Å². The largest absolute Gasteiger partial charge is 0.337 e. The zero-order valence-corrected chi connectivity index (χ0v) is 15.5. The van der Waals surface area contributed by atoms with E-state index in [-0.39, 0.29) is 11.8 Å². The van der Waals surface area contributed by atoms with Crippen LogP contribution < -0.4 is 5.32 Å². The molecule has 0 fully saturated rings. The fourth-order valence-electron chi connectivity index (χ4n) is 2.85. The summed E-state index contributed by atoms with van der Waals surface area (Å²) in [7, 11) is 1.76. The van der Waals surface area contributed by atoms with Crippen molar-refractivity contribution in [1.82, 2.24) is 4.90 Å². The lowest BCUT2D eigenvalue weighted by Gasteiger charge is -2.18. The van der Waals surface area contributed by atoms with Crippen LogP contribution in [0, 0.1) is 6.92 Å². The van der Waals surface area contributed by atoms with Gasteiger partial charge < -0.3 is 10.2 Å². The molecule has 0 aromatic heterocycles. The van der Waals surface area contributed by atoms with Crippen molar-refractivity contribution >= 4 is 17.5 Å². The summed E-state index contributed by atoms with van der Waals surface area (Å²) in [5.41, 5.74) is 3.76. The second-order valence-electron chi connectivity index (χ2n) is 6.50. The van der Waals surface area contributed by atoms with Gasteiger partial charge in [-0.05, 0) is 42.3 Å². The number of nitrogens with zero attached hydrogens (tertiary/aromatic N) is 1. The Morgan fingerprint density at radius 2 is 1.52 bits per heavy atom. The van der Waals surface area contributed by atoms with Crippen LogP contribution in [0.3, 0.4) is 0 Å². The lowest BCUT2D eigenvalue weighted by atomic mass is 10.1. The highest BCUT2D eigenvalue weighted by Crippen LogP contribution is 2.16. The summed E-state index contributed by atoms with van der Waals surface area (Å²) < 4.78 is 0. The molecule has 0 unspecified atom stereocenters. The molecule has 2 amide bonds. The Bertz CT molecular complexity index is 951. The second-order valence-corrected chi connectivity index (χ2v) is 6.50. The SMILES string of the molecule is Cc1ccccc1NC(=O)c1cccc(C(=O)N(C)Cc2ccccc2)c1. The molecule has 0 heterocycles. The van der Waals surface area contributed by atoms with Crippen molar-refractivity contribution in [3.63, 3.8) is 0 Å². The number of para-hydroxylation sites is 1. The van der Waals surface area contributed by atoms with Crippen LogP contribution in [0.15, 0.2) is 78.9 Å². The minimum Gasteiger partial charge on any atom is -0.337 e. The van der Waals surface area contributed by atoms with Gasteiger partial charge in [-0.3, -0.25) is 9.59 Å². The molecule has 3 rings (SSSR count). The number of rotatable bonds is 5. The van der Waals surface area contributed by atoms with Gasteiger partial charge in [-0.1, -0.05) is 54.6 Å². The van der Waals surface area contributed by atoms with E-state index in [1.165, 1.54) is 0 Å². The van der Waals surface area contributed by atoms with E-state index in [9.17, 15) is 9.59 Å². The maximum Gasteiger partial charge on any atom is 0.255 e. The van der Waals surface area contributed by atoms with Crippen molar-refractivity contribution in [3.05, 3.63) is 101 Å². The second kappa shape index (κ2) is 8.32. The molecule has 0 atom stereocenters. The van der Waals surface area contributed by atoms with Gasteiger partial charge in [0.15, 0.2) is 0 Å².